The average molecular weight is 251 g/mol. The van der Waals surface area contributed by atoms with Crippen LogP contribution in [0.15, 0.2) is 30.3 Å². The maximum atomic E-state index is 9.76. The lowest BCUT2D eigenvalue weighted by Crippen LogP contribution is -2.43. The number of hydrogen-bond acceptors (Lipinski definition) is 5. The third-order valence-corrected chi connectivity index (χ3v) is 2.74. The second kappa shape index (κ2) is 9.58. The normalized spacial score (nSPS) is 15.4. The summed E-state index contributed by atoms with van der Waals surface area (Å²) in [5.74, 6) is 5.23. The molecule has 0 bridgehead atoms. The van der Waals surface area contributed by atoms with E-state index in [2.05, 4.69) is 15.5 Å². The Labute approximate surface area is 108 Å². The second-order valence-corrected chi connectivity index (χ2v) is 4.08. The van der Waals surface area contributed by atoms with Crippen LogP contribution in [0.1, 0.15) is 18.4 Å². The fraction of sp³-hybridized carbons (Fsp3) is 0.462. The molecule has 0 aromatic heterocycles. The Morgan fingerprint density at radius 2 is 2.00 bits per heavy atom. The van der Waals surface area contributed by atoms with E-state index in [4.69, 9.17) is 5.84 Å². The molecule has 1 aromatic rings. The van der Waals surface area contributed by atoms with Crippen LogP contribution in [-0.4, -0.2) is 25.6 Å². The van der Waals surface area contributed by atoms with Crippen LogP contribution in [0.2, 0.25) is 0 Å². The van der Waals surface area contributed by atoms with Gasteiger partial charge in [-0.2, -0.15) is 0 Å². The zero-order chi connectivity index (χ0) is 13.1. The van der Waals surface area contributed by atoms with Crippen molar-refractivity contribution in [3.05, 3.63) is 35.9 Å². The Morgan fingerprint density at radius 1 is 1.33 bits per heavy atom. The molecule has 1 aliphatic rings. The van der Waals surface area contributed by atoms with E-state index in [0.717, 1.165) is 31.5 Å². The molecule has 1 heterocycles. The largest absolute Gasteiger partial charge is 0.463 e. The molecule has 5 nitrogen and oxygen atoms in total. The lowest BCUT2D eigenvalue weighted by molar-refractivity contribution is -0.129. The van der Waals surface area contributed by atoms with Gasteiger partial charge in [0.25, 0.3) is 6.47 Å². The summed E-state index contributed by atoms with van der Waals surface area (Å²) in [5, 5.41) is 3.25. The predicted molar refractivity (Wildman–Crippen MR) is 70.5 cm³/mol. The van der Waals surface area contributed by atoms with Crippen LogP contribution in [-0.2, 0) is 16.1 Å². The molecular weight excluding hydrogens is 230 g/mol. The van der Waals surface area contributed by atoms with Crippen molar-refractivity contribution < 1.29 is 9.53 Å². The molecule has 2 rings (SSSR count). The van der Waals surface area contributed by atoms with Crippen LogP contribution in [0.5, 0.6) is 0 Å². The van der Waals surface area contributed by atoms with Gasteiger partial charge in [-0.3, -0.25) is 16.1 Å². The highest BCUT2D eigenvalue weighted by atomic mass is 16.5. The Hall–Kier alpha value is -1.43. The van der Waals surface area contributed by atoms with E-state index in [1.54, 1.807) is 0 Å². The summed E-state index contributed by atoms with van der Waals surface area (Å²) in [6, 6.07) is 10.1. The highest BCUT2D eigenvalue weighted by Crippen LogP contribution is 1.99. The third-order valence-electron chi connectivity index (χ3n) is 2.74. The number of ether oxygens (including phenoxy) is 1. The Morgan fingerprint density at radius 3 is 2.50 bits per heavy atom. The predicted octanol–water partition coefficient (Wildman–Crippen LogP) is 0.561. The van der Waals surface area contributed by atoms with E-state index < -0.39 is 0 Å². The van der Waals surface area contributed by atoms with Crippen molar-refractivity contribution in [3.63, 3.8) is 0 Å². The SMILES string of the molecule is NNC1CCNCC1.O=COCc1ccccc1. The number of benzene rings is 1. The molecule has 100 valence electrons. The van der Waals surface area contributed by atoms with Gasteiger partial charge in [-0.25, -0.2) is 0 Å². The zero-order valence-electron chi connectivity index (χ0n) is 10.5. The summed E-state index contributed by atoms with van der Waals surface area (Å²) in [7, 11) is 0. The molecule has 0 amide bonds. The minimum absolute atomic E-state index is 0.365. The van der Waals surface area contributed by atoms with Gasteiger partial charge >= 0.3 is 0 Å². The van der Waals surface area contributed by atoms with Crippen molar-refractivity contribution >= 4 is 6.47 Å². The third kappa shape index (κ3) is 6.34. The van der Waals surface area contributed by atoms with Gasteiger partial charge in [0.15, 0.2) is 0 Å². The Bertz CT molecular complexity index is 313. The Balaban J connectivity index is 0.000000184. The van der Waals surface area contributed by atoms with E-state index in [1.807, 2.05) is 30.3 Å². The van der Waals surface area contributed by atoms with Crippen LogP contribution in [0.4, 0.5) is 0 Å². The summed E-state index contributed by atoms with van der Waals surface area (Å²) < 4.78 is 4.54. The van der Waals surface area contributed by atoms with Crippen LogP contribution in [0.3, 0.4) is 0 Å². The molecule has 0 unspecified atom stereocenters. The molecule has 0 radical (unpaired) electrons. The number of piperidine rings is 1. The highest BCUT2D eigenvalue weighted by molar-refractivity contribution is 5.37. The van der Waals surface area contributed by atoms with Gasteiger partial charge < -0.3 is 10.1 Å². The molecule has 1 fully saturated rings. The number of nitrogens with two attached hydrogens (primary N) is 1. The van der Waals surface area contributed by atoms with E-state index in [-0.39, 0.29) is 0 Å². The topological polar surface area (TPSA) is 76.4 Å². The summed E-state index contributed by atoms with van der Waals surface area (Å²) >= 11 is 0. The first kappa shape index (κ1) is 14.6. The lowest BCUT2D eigenvalue weighted by Gasteiger charge is -2.20. The van der Waals surface area contributed by atoms with E-state index >= 15 is 0 Å². The van der Waals surface area contributed by atoms with Crippen molar-refractivity contribution in [1.29, 1.82) is 0 Å². The van der Waals surface area contributed by atoms with Gasteiger partial charge in [0, 0.05) is 6.04 Å². The first-order valence-electron chi connectivity index (χ1n) is 6.13. The summed E-state index contributed by atoms with van der Waals surface area (Å²) in [6.45, 7) is 3.03. The fourth-order valence-corrected chi connectivity index (χ4v) is 1.69. The van der Waals surface area contributed by atoms with Crippen molar-refractivity contribution in [2.45, 2.75) is 25.5 Å². The van der Waals surface area contributed by atoms with Crippen LogP contribution in [0, 0.1) is 0 Å². The first-order valence-corrected chi connectivity index (χ1v) is 6.13. The molecule has 0 spiro atoms. The number of hydrogen-bond donors (Lipinski definition) is 3. The molecule has 4 N–H and O–H groups in total. The van der Waals surface area contributed by atoms with E-state index in [0.29, 0.717) is 19.1 Å². The molecule has 1 aliphatic heterocycles. The molecular formula is C13H21N3O2. The summed E-state index contributed by atoms with van der Waals surface area (Å²) in [5.41, 5.74) is 3.77. The van der Waals surface area contributed by atoms with Crippen LogP contribution in [0.25, 0.3) is 0 Å². The standard InChI is InChI=1S/C8H8O2.C5H13N3/c9-7-10-6-8-4-2-1-3-5-8;6-8-5-1-3-7-4-2-5/h1-5,7H,6H2;5,7-8H,1-4,6H2. The van der Waals surface area contributed by atoms with Gasteiger partial charge in [0.1, 0.15) is 6.61 Å². The van der Waals surface area contributed by atoms with Gasteiger partial charge in [-0.15, -0.1) is 0 Å². The van der Waals surface area contributed by atoms with Crippen molar-refractivity contribution in [3.8, 4) is 0 Å². The van der Waals surface area contributed by atoms with Crippen molar-refractivity contribution in [2.24, 2.45) is 5.84 Å². The molecule has 0 aliphatic carbocycles. The van der Waals surface area contributed by atoms with Gasteiger partial charge in [-0.05, 0) is 31.5 Å². The summed E-state index contributed by atoms with van der Waals surface area (Å²) in [6.07, 6.45) is 2.33. The Kier molecular flexibility index (Phi) is 7.79. The average Bonchev–Trinajstić information content (AvgIpc) is 2.48. The molecule has 1 saturated heterocycles. The number of hydrazine groups is 1. The van der Waals surface area contributed by atoms with Gasteiger partial charge in [0.05, 0.1) is 0 Å². The van der Waals surface area contributed by atoms with Gasteiger partial charge in [0.2, 0.25) is 0 Å². The number of rotatable bonds is 4. The maximum absolute atomic E-state index is 9.76. The van der Waals surface area contributed by atoms with Crippen LogP contribution >= 0.6 is 0 Å². The van der Waals surface area contributed by atoms with E-state index in [1.165, 1.54) is 0 Å². The monoisotopic (exact) mass is 251 g/mol. The number of carbonyl (C=O) groups is 1. The quantitative estimate of drug-likeness (QED) is 0.414. The smallest absolute Gasteiger partial charge is 0.293 e. The van der Waals surface area contributed by atoms with Crippen molar-refractivity contribution in [1.82, 2.24) is 10.7 Å². The molecule has 5 heteroatoms. The van der Waals surface area contributed by atoms with Crippen molar-refractivity contribution in [2.75, 3.05) is 13.1 Å². The number of nitrogens with one attached hydrogen (secondary N) is 2. The first-order chi connectivity index (χ1) is 8.86. The highest BCUT2D eigenvalue weighted by Gasteiger charge is 2.08. The fourth-order valence-electron chi connectivity index (χ4n) is 1.69. The lowest BCUT2D eigenvalue weighted by atomic mass is 10.1. The minimum atomic E-state index is 0.365. The molecule has 0 saturated carbocycles. The summed E-state index contributed by atoms with van der Waals surface area (Å²) in [4.78, 5) is 9.76. The van der Waals surface area contributed by atoms with Gasteiger partial charge in [-0.1, -0.05) is 30.3 Å². The molecule has 18 heavy (non-hydrogen) atoms. The van der Waals surface area contributed by atoms with Crippen LogP contribution < -0.4 is 16.6 Å². The molecule has 1 aromatic carbocycles. The number of carbonyl (C=O) groups excluding carboxylic acids is 1. The minimum Gasteiger partial charge on any atom is -0.463 e. The zero-order valence-corrected chi connectivity index (χ0v) is 10.5. The maximum Gasteiger partial charge on any atom is 0.293 e. The van der Waals surface area contributed by atoms with E-state index in [9.17, 15) is 4.79 Å². The molecule has 0 atom stereocenters. The second-order valence-electron chi connectivity index (χ2n) is 4.08.